The van der Waals surface area contributed by atoms with E-state index in [1.807, 2.05) is 13.0 Å². The highest BCUT2D eigenvalue weighted by molar-refractivity contribution is 8.18. The van der Waals surface area contributed by atoms with Crippen LogP contribution in [0.15, 0.2) is 46.3 Å². The molecule has 0 unspecified atom stereocenters. The van der Waals surface area contributed by atoms with Crippen LogP contribution < -0.4 is 9.47 Å². The Bertz CT molecular complexity index is 1060. The number of benzene rings is 2. The summed E-state index contributed by atoms with van der Waals surface area (Å²) in [6.07, 6.45) is 1.74. The molecular formula is C21H20N2O6S. The van der Waals surface area contributed by atoms with E-state index in [-0.39, 0.29) is 17.2 Å². The average molecular weight is 428 g/mol. The largest absolute Gasteiger partial charge is 0.507 e. The van der Waals surface area contributed by atoms with Gasteiger partial charge in [-0.15, -0.1) is 0 Å². The van der Waals surface area contributed by atoms with Crippen LogP contribution in [-0.4, -0.2) is 52.9 Å². The van der Waals surface area contributed by atoms with E-state index in [0.717, 1.165) is 5.56 Å². The molecular weight excluding hydrogens is 408 g/mol. The molecule has 1 fully saturated rings. The number of hydrogen-bond acceptors (Lipinski definition) is 7. The molecule has 2 aromatic rings. The van der Waals surface area contributed by atoms with Crippen molar-refractivity contribution >= 4 is 40.6 Å². The number of likely N-dealkylation sites (N-methyl/N-ethyl adjacent to an activating group) is 1. The van der Waals surface area contributed by atoms with Crippen LogP contribution in [0, 0.1) is 0 Å². The van der Waals surface area contributed by atoms with Gasteiger partial charge in [0.2, 0.25) is 0 Å². The molecule has 1 aliphatic heterocycles. The summed E-state index contributed by atoms with van der Waals surface area (Å²) >= 11 is 1.20. The number of carbonyl (C=O) groups excluding carboxylic acids is 1. The third-order valence-corrected chi connectivity index (χ3v) is 5.35. The summed E-state index contributed by atoms with van der Waals surface area (Å²) in [4.78, 5) is 30.3. The van der Waals surface area contributed by atoms with E-state index < -0.39 is 5.97 Å². The van der Waals surface area contributed by atoms with Crippen molar-refractivity contribution in [3.05, 3.63) is 52.4 Å². The third kappa shape index (κ3) is 4.25. The highest BCUT2D eigenvalue weighted by Gasteiger charge is 2.32. The fourth-order valence-electron chi connectivity index (χ4n) is 2.85. The maximum Gasteiger partial charge on any atom is 0.339 e. The maximum absolute atomic E-state index is 12.8. The van der Waals surface area contributed by atoms with E-state index in [4.69, 9.17) is 14.6 Å². The zero-order valence-electron chi connectivity index (χ0n) is 16.6. The molecule has 2 aromatic carbocycles. The smallest absolute Gasteiger partial charge is 0.339 e. The highest BCUT2D eigenvalue weighted by atomic mass is 32.2. The summed E-state index contributed by atoms with van der Waals surface area (Å²) < 4.78 is 10.5. The van der Waals surface area contributed by atoms with Crippen LogP contribution in [0.5, 0.6) is 17.2 Å². The van der Waals surface area contributed by atoms with Crippen molar-refractivity contribution in [1.29, 1.82) is 0 Å². The molecule has 0 spiro atoms. The Hall–Kier alpha value is -3.46. The number of carbonyl (C=O) groups is 2. The molecule has 0 atom stereocenters. The topological polar surface area (TPSA) is 109 Å². The highest BCUT2D eigenvalue weighted by Crippen LogP contribution is 2.36. The zero-order valence-corrected chi connectivity index (χ0v) is 17.4. The van der Waals surface area contributed by atoms with Crippen molar-refractivity contribution in [3.63, 3.8) is 0 Å². The molecule has 0 radical (unpaired) electrons. The Kier molecular flexibility index (Phi) is 6.31. The van der Waals surface area contributed by atoms with Gasteiger partial charge in [-0.2, -0.15) is 0 Å². The van der Waals surface area contributed by atoms with Gasteiger partial charge in [-0.3, -0.25) is 9.69 Å². The molecule has 2 N–H and O–H groups in total. The van der Waals surface area contributed by atoms with Crippen LogP contribution in [-0.2, 0) is 4.79 Å². The van der Waals surface area contributed by atoms with Gasteiger partial charge in [0.1, 0.15) is 11.3 Å². The third-order valence-electron chi connectivity index (χ3n) is 4.35. The van der Waals surface area contributed by atoms with Crippen LogP contribution >= 0.6 is 11.8 Å². The monoisotopic (exact) mass is 428 g/mol. The Morgan fingerprint density at radius 1 is 1.17 bits per heavy atom. The Morgan fingerprint density at radius 2 is 1.90 bits per heavy atom. The average Bonchev–Trinajstić information content (AvgIpc) is 3.01. The number of aliphatic imine (C=N–C) groups is 1. The zero-order chi connectivity index (χ0) is 21.8. The first-order valence-corrected chi connectivity index (χ1v) is 9.78. The number of nitrogens with zero attached hydrogens (tertiary/aromatic N) is 2. The van der Waals surface area contributed by atoms with E-state index in [1.54, 1.807) is 32.4 Å². The minimum Gasteiger partial charge on any atom is -0.507 e. The molecule has 3 rings (SSSR count). The predicted octanol–water partition coefficient (Wildman–Crippen LogP) is 3.73. The molecule has 1 amide bonds. The van der Waals surface area contributed by atoms with Crippen LogP contribution in [0.25, 0.3) is 6.08 Å². The lowest BCUT2D eigenvalue weighted by Gasteiger charge is -2.12. The first-order valence-electron chi connectivity index (χ1n) is 8.96. The number of rotatable bonds is 6. The van der Waals surface area contributed by atoms with Gasteiger partial charge in [0.05, 0.1) is 24.8 Å². The lowest BCUT2D eigenvalue weighted by molar-refractivity contribution is -0.122. The van der Waals surface area contributed by atoms with E-state index in [2.05, 4.69) is 4.99 Å². The van der Waals surface area contributed by atoms with Crippen LogP contribution in [0.1, 0.15) is 22.8 Å². The van der Waals surface area contributed by atoms with Crippen molar-refractivity contribution in [3.8, 4) is 17.2 Å². The fourth-order valence-corrected chi connectivity index (χ4v) is 3.91. The van der Waals surface area contributed by atoms with E-state index in [9.17, 15) is 14.7 Å². The van der Waals surface area contributed by atoms with Crippen LogP contribution in [0.4, 0.5) is 5.69 Å². The molecule has 0 bridgehead atoms. The summed E-state index contributed by atoms with van der Waals surface area (Å²) in [5.41, 5.74) is 0.901. The normalized spacial score (nSPS) is 16.4. The first-order chi connectivity index (χ1) is 14.4. The van der Waals surface area contributed by atoms with E-state index >= 15 is 0 Å². The molecule has 0 aliphatic carbocycles. The quantitative estimate of drug-likeness (QED) is 0.675. The number of carboxylic acid groups (broad SMARTS) is 1. The molecule has 9 heteroatoms. The number of aromatic carboxylic acids is 1. The Balaban J connectivity index is 1.93. The number of aromatic hydroxyl groups is 1. The van der Waals surface area contributed by atoms with E-state index in [1.165, 1.54) is 34.9 Å². The number of hydrogen-bond donors (Lipinski definition) is 2. The molecule has 1 heterocycles. The number of methoxy groups -OCH3 is 2. The maximum atomic E-state index is 12.8. The second-order valence-corrected chi connectivity index (χ2v) is 7.18. The Labute approximate surface area is 177 Å². The summed E-state index contributed by atoms with van der Waals surface area (Å²) in [6, 6.07) is 9.35. The summed E-state index contributed by atoms with van der Waals surface area (Å²) in [6.45, 7) is 2.24. The predicted molar refractivity (Wildman–Crippen MR) is 115 cm³/mol. The summed E-state index contributed by atoms with van der Waals surface area (Å²) in [5, 5.41) is 19.3. The van der Waals surface area contributed by atoms with Gasteiger partial charge < -0.3 is 19.7 Å². The number of amidine groups is 1. The molecule has 156 valence electrons. The van der Waals surface area contributed by atoms with Crippen molar-refractivity contribution in [1.82, 2.24) is 4.90 Å². The first kappa shape index (κ1) is 21.3. The van der Waals surface area contributed by atoms with Crippen molar-refractivity contribution in [2.75, 3.05) is 20.8 Å². The Morgan fingerprint density at radius 3 is 2.50 bits per heavy atom. The molecule has 8 nitrogen and oxygen atoms in total. The minimum absolute atomic E-state index is 0.192. The van der Waals surface area contributed by atoms with E-state index in [0.29, 0.717) is 33.8 Å². The number of amides is 1. The number of ether oxygens (including phenoxy) is 2. The number of thioether (sulfide) groups is 1. The van der Waals surface area contributed by atoms with Crippen LogP contribution in [0.2, 0.25) is 0 Å². The number of carboxylic acids is 1. The van der Waals surface area contributed by atoms with Gasteiger partial charge in [-0.1, -0.05) is 6.07 Å². The van der Waals surface area contributed by atoms with Gasteiger partial charge in [-0.25, -0.2) is 9.79 Å². The van der Waals surface area contributed by atoms with Crippen molar-refractivity contribution in [2.24, 2.45) is 4.99 Å². The summed E-state index contributed by atoms with van der Waals surface area (Å²) in [7, 11) is 3.09. The molecule has 0 saturated carbocycles. The fraction of sp³-hybridized carbons (Fsp3) is 0.190. The second kappa shape index (κ2) is 8.91. The molecule has 1 aliphatic rings. The minimum atomic E-state index is -1.23. The SMILES string of the molecule is CCN1C(=O)/C(=C/c2ccc(OC)c(OC)c2)SC1=Nc1ccc(C(=O)O)c(O)c1. The van der Waals surface area contributed by atoms with Crippen molar-refractivity contribution < 1.29 is 29.3 Å². The lowest BCUT2D eigenvalue weighted by Crippen LogP contribution is -2.28. The van der Waals surface area contributed by atoms with Crippen molar-refractivity contribution in [2.45, 2.75) is 6.92 Å². The van der Waals surface area contributed by atoms with Gasteiger partial charge >= 0.3 is 5.97 Å². The molecule has 30 heavy (non-hydrogen) atoms. The van der Waals surface area contributed by atoms with Gasteiger partial charge in [-0.05, 0) is 54.6 Å². The lowest BCUT2D eigenvalue weighted by atomic mass is 10.2. The summed E-state index contributed by atoms with van der Waals surface area (Å²) in [5.74, 6) is -0.665. The number of phenols is 1. The molecule has 1 saturated heterocycles. The second-order valence-electron chi connectivity index (χ2n) is 6.18. The van der Waals surface area contributed by atoms with Gasteiger partial charge in [0, 0.05) is 12.6 Å². The standard InChI is InChI=1S/C21H20N2O6S/c1-4-23-19(25)18(10-12-5-8-16(28-2)17(9-12)29-3)30-21(23)22-13-6-7-14(20(26)27)15(24)11-13/h5-11,24H,4H2,1-3H3,(H,26,27)/b18-10-,22-21?. The molecule has 0 aromatic heterocycles. The van der Waals surface area contributed by atoms with Gasteiger partial charge in [0.15, 0.2) is 16.7 Å². The van der Waals surface area contributed by atoms with Gasteiger partial charge in [0.25, 0.3) is 5.91 Å². The van der Waals surface area contributed by atoms with Crippen LogP contribution in [0.3, 0.4) is 0 Å².